The van der Waals surface area contributed by atoms with Crippen molar-refractivity contribution in [2.45, 2.75) is 32.5 Å². The van der Waals surface area contributed by atoms with Crippen LogP contribution in [-0.2, 0) is 6.54 Å². The maximum atomic E-state index is 9.85. The Kier molecular flexibility index (Phi) is 3.92. The van der Waals surface area contributed by atoms with Gasteiger partial charge >= 0.3 is 0 Å². The predicted molar refractivity (Wildman–Crippen MR) is 70.5 cm³/mol. The molecule has 2 unspecified atom stereocenters. The van der Waals surface area contributed by atoms with E-state index in [1.165, 1.54) is 0 Å². The van der Waals surface area contributed by atoms with Crippen molar-refractivity contribution in [1.82, 2.24) is 10.2 Å². The van der Waals surface area contributed by atoms with E-state index in [2.05, 4.69) is 24.1 Å². The lowest BCUT2D eigenvalue weighted by atomic mass is 10.1. The van der Waals surface area contributed by atoms with E-state index in [-0.39, 0.29) is 5.75 Å². The van der Waals surface area contributed by atoms with Crippen molar-refractivity contribution in [3.63, 3.8) is 0 Å². The number of nitrogens with one attached hydrogen (secondary N) is 1. The molecule has 0 bridgehead atoms. The van der Waals surface area contributed by atoms with Crippen LogP contribution in [0.15, 0.2) is 18.2 Å². The Bertz CT molecular complexity index is 377. The molecule has 0 saturated carbocycles. The predicted octanol–water partition coefficient (Wildman–Crippen LogP) is 2.23. The van der Waals surface area contributed by atoms with Gasteiger partial charge in [0.25, 0.3) is 0 Å². The monoisotopic (exact) mass is 254 g/mol. The van der Waals surface area contributed by atoms with Gasteiger partial charge in [-0.2, -0.15) is 0 Å². The van der Waals surface area contributed by atoms with E-state index in [1.807, 2.05) is 6.07 Å². The van der Waals surface area contributed by atoms with Crippen LogP contribution in [0.25, 0.3) is 0 Å². The van der Waals surface area contributed by atoms with Crippen LogP contribution in [0.5, 0.6) is 5.75 Å². The van der Waals surface area contributed by atoms with Gasteiger partial charge in [-0.15, -0.1) is 0 Å². The van der Waals surface area contributed by atoms with Gasteiger partial charge in [-0.25, -0.2) is 0 Å². The van der Waals surface area contributed by atoms with Gasteiger partial charge in [-0.05, 0) is 26.0 Å². The van der Waals surface area contributed by atoms with Crippen LogP contribution in [0.2, 0.25) is 5.02 Å². The highest BCUT2D eigenvalue weighted by Gasteiger charge is 2.23. The van der Waals surface area contributed by atoms with Crippen molar-refractivity contribution in [3.8, 4) is 5.75 Å². The van der Waals surface area contributed by atoms with Crippen LogP contribution in [0.4, 0.5) is 0 Å². The average molecular weight is 255 g/mol. The van der Waals surface area contributed by atoms with Crippen molar-refractivity contribution < 1.29 is 5.11 Å². The first-order valence-electron chi connectivity index (χ1n) is 6.01. The van der Waals surface area contributed by atoms with Gasteiger partial charge in [0.05, 0.1) is 0 Å². The molecule has 0 aromatic heterocycles. The number of hydrogen-bond acceptors (Lipinski definition) is 3. The lowest BCUT2D eigenvalue weighted by molar-refractivity contribution is 0.137. The molecule has 1 saturated heterocycles. The molecule has 1 heterocycles. The summed E-state index contributed by atoms with van der Waals surface area (Å²) < 4.78 is 0. The van der Waals surface area contributed by atoms with Gasteiger partial charge in [-0.1, -0.05) is 17.7 Å². The maximum absolute atomic E-state index is 9.85. The number of piperazine rings is 1. The molecule has 17 heavy (non-hydrogen) atoms. The SMILES string of the molecule is CC1CN(Cc2c(O)cccc2Cl)C(C)CN1. The summed E-state index contributed by atoms with van der Waals surface area (Å²) in [6, 6.07) is 6.23. The molecule has 0 spiro atoms. The zero-order chi connectivity index (χ0) is 12.4. The molecule has 0 radical (unpaired) electrons. The lowest BCUT2D eigenvalue weighted by Crippen LogP contribution is -2.53. The van der Waals surface area contributed by atoms with Crippen molar-refractivity contribution in [1.29, 1.82) is 0 Å². The van der Waals surface area contributed by atoms with Gasteiger partial charge in [0.2, 0.25) is 0 Å². The fourth-order valence-electron chi connectivity index (χ4n) is 2.22. The molecule has 2 atom stereocenters. The van der Waals surface area contributed by atoms with E-state index < -0.39 is 0 Å². The highest BCUT2D eigenvalue weighted by atomic mass is 35.5. The molecule has 1 aromatic carbocycles. The largest absolute Gasteiger partial charge is 0.508 e. The number of nitrogens with zero attached hydrogens (tertiary/aromatic N) is 1. The van der Waals surface area contributed by atoms with E-state index in [1.54, 1.807) is 12.1 Å². The first kappa shape index (κ1) is 12.7. The molecule has 1 aromatic rings. The lowest BCUT2D eigenvalue weighted by Gasteiger charge is -2.37. The van der Waals surface area contributed by atoms with Crippen molar-refractivity contribution >= 4 is 11.6 Å². The molecular formula is C13H19ClN2O. The summed E-state index contributed by atoms with van der Waals surface area (Å²) in [6.07, 6.45) is 0. The van der Waals surface area contributed by atoms with Crippen LogP contribution in [0.3, 0.4) is 0 Å². The van der Waals surface area contributed by atoms with E-state index in [9.17, 15) is 5.11 Å². The number of halogens is 1. The van der Waals surface area contributed by atoms with Crippen LogP contribution < -0.4 is 5.32 Å². The molecule has 1 aliphatic rings. The fourth-order valence-corrected chi connectivity index (χ4v) is 2.45. The van der Waals surface area contributed by atoms with Crippen molar-refractivity contribution in [2.75, 3.05) is 13.1 Å². The Morgan fingerprint density at radius 2 is 2.24 bits per heavy atom. The Hall–Kier alpha value is -0.770. The van der Waals surface area contributed by atoms with Gasteiger partial charge < -0.3 is 10.4 Å². The molecule has 1 aliphatic heterocycles. The van der Waals surface area contributed by atoms with Crippen LogP contribution in [0, 0.1) is 0 Å². The highest BCUT2D eigenvalue weighted by molar-refractivity contribution is 6.31. The van der Waals surface area contributed by atoms with E-state index in [4.69, 9.17) is 11.6 Å². The molecule has 94 valence electrons. The topological polar surface area (TPSA) is 35.5 Å². The van der Waals surface area contributed by atoms with Gasteiger partial charge in [0, 0.05) is 42.3 Å². The van der Waals surface area contributed by atoms with Crippen molar-refractivity contribution in [3.05, 3.63) is 28.8 Å². The summed E-state index contributed by atoms with van der Waals surface area (Å²) >= 11 is 6.13. The summed E-state index contributed by atoms with van der Waals surface area (Å²) in [7, 11) is 0. The number of phenols is 1. The minimum atomic E-state index is 0.288. The van der Waals surface area contributed by atoms with E-state index >= 15 is 0 Å². The Morgan fingerprint density at radius 1 is 1.47 bits per heavy atom. The van der Waals surface area contributed by atoms with Crippen LogP contribution in [-0.4, -0.2) is 35.2 Å². The quantitative estimate of drug-likeness (QED) is 0.850. The zero-order valence-electron chi connectivity index (χ0n) is 10.3. The fraction of sp³-hybridized carbons (Fsp3) is 0.538. The van der Waals surface area contributed by atoms with Gasteiger partial charge in [0.15, 0.2) is 0 Å². The van der Waals surface area contributed by atoms with E-state index in [0.717, 1.165) is 18.7 Å². The number of phenolic OH excluding ortho intramolecular Hbond substituents is 1. The third-order valence-electron chi connectivity index (χ3n) is 3.35. The minimum absolute atomic E-state index is 0.288. The third kappa shape index (κ3) is 2.92. The second kappa shape index (κ2) is 5.25. The highest BCUT2D eigenvalue weighted by Crippen LogP contribution is 2.27. The van der Waals surface area contributed by atoms with Gasteiger partial charge in [-0.3, -0.25) is 4.90 Å². The Labute approximate surface area is 107 Å². The smallest absolute Gasteiger partial charge is 0.121 e. The summed E-state index contributed by atoms with van der Waals surface area (Å²) in [5.74, 6) is 0.288. The number of benzene rings is 1. The summed E-state index contributed by atoms with van der Waals surface area (Å²) in [6.45, 7) is 7.02. The first-order chi connectivity index (χ1) is 8.08. The minimum Gasteiger partial charge on any atom is -0.508 e. The first-order valence-corrected chi connectivity index (χ1v) is 6.39. The maximum Gasteiger partial charge on any atom is 0.121 e. The average Bonchev–Trinajstić information content (AvgIpc) is 2.28. The number of aromatic hydroxyl groups is 1. The molecule has 0 amide bonds. The Balaban J connectivity index is 2.14. The summed E-state index contributed by atoms with van der Waals surface area (Å²) in [5, 5.41) is 13.9. The van der Waals surface area contributed by atoms with Gasteiger partial charge in [0.1, 0.15) is 5.75 Å². The standard InChI is InChI=1S/C13H19ClN2O/c1-9-7-16(10(2)6-15-9)8-11-12(14)4-3-5-13(11)17/h3-5,9-10,15,17H,6-8H2,1-2H3. The normalized spacial score (nSPS) is 26.1. The van der Waals surface area contributed by atoms with Crippen molar-refractivity contribution in [2.24, 2.45) is 0 Å². The second-order valence-electron chi connectivity index (χ2n) is 4.83. The summed E-state index contributed by atoms with van der Waals surface area (Å²) in [5.41, 5.74) is 0.829. The molecule has 1 fully saturated rings. The Morgan fingerprint density at radius 3 is 2.94 bits per heavy atom. The number of hydrogen-bond donors (Lipinski definition) is 2. The molecule has 2 rings (SSSR count). The molecule has 0 aliphatic carbocycles. The molecule has 2 N–H and O–H groups in total. The van der Waals surface area contributed by atoms with Crippen LogP contribution >= 0.6 is 11.6 Å². The molecule has 3 nitrogen and oxygen atoms in total. The second-order valence-corrected chi connectivity index (χ2v) is 5.23. The zero-order valence-corrected chi connectivity index (χ0v) is 11.0. The van der Waals surface area contributed by atoms with Crippen LogP contribution in [0.1, 0.15) is 19.4 Å². The third-order valence-corrected chi connectivity index (χ3v) is 3.70. The number of rotatable bonds is 2. The summed E-state index contributed by atoms with van der Waals surface area (Å²) in [4.78, 5) is 2.35. The molecule has 4 heteroatoms. The van der Waals surface area contributed by atoms with E-state index in [0.29, 0.717) is 23.7 Å². The molecular weight excluding hydrogens is 236 g/mol.